The molecule has 0 saturated carbocycles. The largest absolute Gasteiger partial charge is 0.462 e. The van der Waals surface area contributed by atoms with E-state index in [1.807, 2.05) is 6.07 Å². The molecule has 0 saturated heterocycles. The summed E-state index contributed by atoms with van der Waals surface area (Å²) in [6, 6.07) is 13.4. The van der Waals surface area contributed by atoms with Crippen LogP contribution in [0.1, 0.15) is 33.2 Å². The molecule has 0 bridgehead atoms. The SMILES string of the molecule is CCOC(=O)c1ccc2nc(NC(=O)c3ccc(C#N)cc3)sc2c1. The van der Waals surface area contributed by atoms with Crippen molar-refractivity contribution in [2.75, 3.05) is 11.9 Å². The van der Waals surface area contributed by atoms with Gasteiger partial charge in [0, 0.05) is 5.56 Å². The van der Waals surface area contributed by atoms with Crippen molar-refractivity contribution in [3.8, 4) is 6.07 Å². The first-order chi connectivity index (χ1) is 12.1. The first kappa shape index (κ1) is 16.6. The lowest BCUT2D eigenvalue weighted by atomic mass is 10.1. The Kier molecular flexibility index (Phi) is 4.73. The van der Waals surface area contributed by atoms with Crippen molar-refractivity contribution in [1.29, 1.82) is 5.26 Å². The summed E-state index contributed by atoms with van der Waals surface area (Å²) in [4.78, 5) is 28.4. The highest BCUT2D eigenvalue weighted by Crippen LogP contribution is 2.27. The van der Waals surface area contributed by atoms with Crippen LogP contribution < -0.4 is 5.32 Å². The van der Waals surface area contributed by atoms with E-state index in [1.54, 1.807) is 49.4 Å². The molecule has 1 aromatic heterocycles. The fourth-order valence-electron chi connectivity index (χ4n) is 2.18. The molecular formula is C18H13N3O3S. The van der Waals surface area contributed by atoms with Gasteiger partial charge in [-0.1, -0.05) is 11.3 Å². The summed E-state index contributed by atoms with van der Waals surface area (Å²) in [5.41, 5.74) is 2.06. The number of nitrogens with one attached hydrogen (secondary N) is 1. The van der Waals surface area contributed by atoms with Crippen molar-refractivity contribution >= 4 is 38.6 Å². The Morgan fingerprint density at radius 1 is 1.20 bits per heavy atom. The van der Waals surface area contributed by atoms with Gasteiger partial charge in [-0.25, -0.2) is 9.78 Å². The van der Waals surface area contributed by atoms with Gasteiger partial charge in [-0.2, -0.15) is 5.26 Å². The van der Waals surface area contributed by atoms with Crippen LogP contribution in [0.4, 0.5) is 5.13 Å². The number of carbonyl (C=O) groups is 2. The highest BCUT2D eigenvalue weighted by Gasteiger charge is 2.12. The average Bonchev–Trinajstić information content (AvgIpc) is 3.03. The van der Waals surface area contributed by atoms with E-state index in [1.165, 1.54) is 11.3 Å². The third-order valence-corrected chi connectivity index (χ3v) is 4.33. The molecule has 1 heterocycles. The number of rotatable bonds is 4. The second-order valence-corrected chi connectivity index (χ2v) is 6.10. The molecule has 3 rings (SSSR count). The van der Waals surface area contributed by atoms with Crippen molar-refractivity contribution in [2.24, 2.45) is 0 Å². The molecule has 0 radical (unpaired) electrons. The summed E-state index contributed by atoms with van der Waals surface area (Å²) in [6.45, 7) is 2.06. The molecule has 0 spiro atoms. The fourth-order valence-corrected chi connectivity index (χ4v) is 3.09. The highest BCUT2D eigenvalue weighted by atomic mass is 32.1. The van der Waals surface area contributed by atoms with Crippen LogP contribution in [0.25, 0.3) is 10.2 Å². The fraction of sp³-hybridized carbons (Fsp3) is 0.111. The molecule has 0 aliphatic rings. The predicted octanol–water partition coefficient (Wildman–Crippen LogP) is 3.60. The van der Waals surface area contributed by atoms with Gasteiger partial charge >= 0.3 is 5.97 Å². The van der Waals surface area contributed by atoms with Gasteiger partial charge < -0.3 is 4.74 Å². The van der Waals surface area contributed by atoms with E-state index in [-0.39, 0.29) is 11.9 Å². The number of ether oxygens (including phenoxy) is 1. The zero-order valence-electron chi connectivity index (χ0n) is 13.3. The van der Waals surface area contributed by atoms with E-state index in [9.17, 15) is 9.59 Å². The van der Waals surface area contributed by atoms with E-state index < -0.39 is 0 Å². The Labute approximate surface area is 147 Å². The smallest absolute Gasteiger partial charge is 0.338 e. The second kappa shape index (κ2) is 7.11. The number of carbonyl (C=O) groups excluding carboxylic acids is 2. The van der Waals surface area contributed by atoms with Crippen molar-refractivity contribution in [1.82, 2.24) is 4.98 Å². The van der Waals surface area contributed by atoms with Crippen molar-refractivity contribution < 1.29 is 14.3 Å². The maximum atomic E-state index is 12.2. The molecule has 25 heavy (non-hydrogen) atoms. The van der Waals surface area contributed by atoms with Crippen molar-refractivity contribution in [3.63, 3.8) is 0 Å². The predicted molar refractivity (Wildman–Crippen MR) is 94.7 cm³/mol. The molecule has 124 valence electrons. The van der Waals surface area contributed by atoms with E-state index in [4.69, 9.17) is 10.00 Å². The molecule has 1 amide bonds. The van der Waals surface area contributed by atoms with Crippen LogP contribution in [0.15, 0.2) is 42.5 Å². The molecule has 0 aliphatic heterocycles. The van der Waals surface area contributed by atoms with Crippen LogP contribution in [0, 0.1) is 11.3 Å². The summed E-state index contributed by atoms with van der Waals surface area (Å²) >= 11 is 1.27. The number of aromatic nitrogens is 1. The zero-order chi connectivity index (χ0) is 17.8. The van der Waals surface area contributed by atoms with E-state index >= 15 is 0 Å². The molecule has 0 aliphatic carbocycles. The minimum atomic E-state index is -0.388. The topological polar surface area (TPSA) is 92.1 Å². The number of hydrogen-bond acceptors (Lipinski definition) is 6. The molecule has 0 atom stereocenters. The number of nitriles is 1. The Morgan fingerprint density at radius 3 is 2.60 bits per heavy atom. The van der Waals surface area contributed by atoms with Gasteiger partial charge in [0.25, 0.3) is 5.91 Å². The monoisotopic (exact) mass is 351 g/mol. The molecule has 0 fully saturated rings. The number of thiazole rings is 1. The van der Waals surface area contributed by atoms with Crippen molar-refractivity contribution in [3.05, 3.63) is 59.2 Å². The van der Waals surface area contributed by atoms with Crippen LogP contribution in [-0.4, -0.2) is 23.5 Å². The Hall–Kier alpha value is -3.24. The minimum Gasteiger partial charge on any atom is -0.462 e. The second-order valence-electron chi connectivity index (χ2n) is 5.07. The number of amides is 1. The normalized spacial score (nSPS) is 10.2. The minimum absolute atomic E-state index is 0.311. The van der Waals surface area contributed by atoms with Gasteiger partial charge in [-0.05, 0) is 49.4 Å². The molecule has 7 heteroatoms. The van der Waals surface area contributed by atoms with Gasteiger partial charge in [0.2, 0.25) is 0 Å². The third-order valence-electron chi connectivity index (χ3n) is 3.40. The highest BCUT2D eigenvalue weighted by molar-refractivity contribution is 7.22. The van der Waals surface area contributed by atoms with Crippen molar-refractivity contribution in [2.45, 2.75) is 6.92 Å². The maximum Gasteiger partial charge on any atom is 0.338 e. The van der Waals surface area contributed by atoms with Gasteiger partial charge in [-0.15, -0.1) is 0 Å². The standard InChI is InChI=1S/C18H13N3O3S/c1-2-24-17(23)13-7-8-14-15(9-13)25-18(20-14)21-16(22)12-5-3-11(10-19)4-6-12/h3-9H,2H2,1H3,(H,20,21,22). The summed E-state index contributed by atoms with van der Waals surface area (Å²) < 4.78 is 5.76. The average molecular weight is 351 g/mol. The third kappa shape index (κ3) is 3.65. The summed E-state index contributed by atoms with van der Waals surface area (Å²) in [6.07, 6.45) is 0. The molecule has 1 N–H and O–H groups in total. The van der Waals surface area contributed by atoms with E-state index in [0.29, 0.717) is 33.9 Å². The zero-order valence-corrected chi connectivity index (χ0v) is 14.1. The molecule has 0 unspecified atom stereocenters. The quantitative estimate of drug-likeness (QED) is 0.725. The lowest BCUT2D eigenvalue weighted by Crippen LogP contribution is -2.11. The van der Waals surface area contributed by atoms with Gasteiger partial charge in [0.05, 0.1) is 34.0 Å². The van der Waals surface area contributed by atoms with Crippen LogP contribution in [0.5, 0.6) is 0 Å². The number of nitrogens with zero attached hydrogens (tertiary/aromatic N) is 2. The number of anilines is 1. The van der Waals surface area contributed by atoms with Gasteiger partial charge in [-0.3, -0.25) is 10.1 Å². The maximum absolute atomic E-state index is 12.2. The molecule has 3 aromatic rings. The van der Waals surface area contributed by atoms with Crippen LogP contribution in [0.2, 0.25) is 0 Å². The summed E-state index contributed by atoms with van der Waals surface area (Å²) in [7, 11) is 0. The molecular weight excluding hydrogens is 338 g/mol. The lowest BCUT2D eigenvalue weighted by Gasteiger charge is -2.01. The van der Waals surface area contributed by atoms with E-state index in [2.05, 4.69) is 10.3 Å². The number of esters is 1. The Balaban J connectivity index is 1.80. The Morgan fingerprint density at radius 2 is 1.92 bits per heavy atom. The molecule has 6 nitrogen and oxygen atoms in total. The lowest BCUT2D eigenvalue weighted by molar-refractivity contribution is 0.0526. The van der Waals surface area contributed by atoms with Gasteiger partial charge in [0.15, 0.2) is 5.13 Å². The first-order valence-electron chi connectivity index (χ1n) is 7.50. The summed E-state index contributed by atoms with van der Waals surface area (Å²) in [5, 5.41) is 12.0. The number of fused-ring (bicyclic) bond motifs is 1. The van der Waals surface area contributed by atoms with Crippen LogP contribution in [0.3, 0.4) is 0 Å². The van der Waals surface area contributed by atoms with Gasteiger partial charge in [0.1, 0.15) is 0 Å². The van der Waals surface area contributed by atoms with Crippen LogP contribution in [-0.2, 0) is 4.74 Å². The number of hydrogen-bond donors (Lipinski definition) is 1. The van der Waals surface area contributed by atoms with Crippen LogP contribution >= 0.6 is 11.3 Å². The molecule has 2 aromatic carbocycles. The first-order valence-corrected chi connectivity index (χ1v) is 8.31. The van der Waals surface area contributed by atoms with E-state index in [0.717, 1.165) is 4.70 Å². The summed E-state index contributed by atoms with van der Waals surface area (Å²) in [5.74, 6) is -0.699. The number of benzene rings is 2. The Bertz CT molecular complexity index is 987.